The van der Waals surface area contributed by atoms with Gasteiger partial charge in [0.15, 0.2) is 0 Å². The van der Waals surface area contributed by atoms with Crippen LogP contribution in [-0.2, 0) is 13.5 Å². The molecular weight excluding hydrogens is 342 g/mol. The second-order valence-corrected chi connectivity index (χ2v) is 6.25. The highest BCUT2D eigenvalue weighted by molar-refractivity contribution is 6.12. The molecule has 0 fully saturated rings. The number of fused-ring (bicyclic) bond motifs is 1. The van der Waals surface area contributed by atoms with Gasteiger partial charge in [0.25, 0.3) is 5.91 Å². The zero-order valence-electron chi connectivity index (χ0n) is 15.1. The molecule has 4 rings (SSSR count). The number of aromatic nitrogens is 4. The largest absolute Gasteiger partial charge is 0.497 e. The predicted octanol–water partition coefficient (Wildman–Crippen LogP) is 3.15. The van der Waals surface area contributed by atoms with Crippen LogP contribution in [0, 0.1) is 0 Å². The van der Waals surface area contributed by atoms with Crippen LogP contribution in [0.2, 0.25) is 0 Å². The van der Waals surface area contributed by atoms with E-state index < -0.39 is 0 Å². The highest BCUT2D eigenvalue weighted by Crippen LogP contribution is 2.20. The van der Waals surface area contributed by atoms with Crippen molar-refractivity contribution in [1.29, 1.82) is 0 Å². The minimum absolute atomic E-state index is 0.234. The van der Waals surface area contributed by atoms with Gasteiger partial charge in [-0.25, -0.2) is 0 Å². The molecule has 2 aromatic heterocycles. The molecular formula is C20H19N5O2. The third-order valence-electron chi connectivity index (χ3n) is 4.46. The molecule has 27 heavy (non-hydrogen) atoms. The summed E-state index contributed by atoms with van der Waals surface area (Å²) in [6.07, 6.45) is 2.52. The van der Waals surface area contributed by atoms with Gasteiger partial charge in [-0.15, -0.1) is 5.10 Å². The standard InChI is InChI=1S/C20H19N5O2/c1-25-11-10-15-16(4-3-5-17(15)25)19(26)22-20-21-18(23-24-20)12-13-6-8-14(27-2)9-7-13/h3-11H,12H2,1-2H3,(H2,21,22,23,24,26). The first-order valence-corrected chi connectivity index (χ1v) is 8.53. The van der Waals surface area contributed by atoms with Crippen molar-refractivity contribution in [1.82, 2.24) is 19.7 Å². The molecule has 0 unspecified atom stereocenters. The minimum atomic E-state index is -0.234. The van der Waals surface area contributed by atoms with Crippen LogP contribution >= 0.6 is 0 Å². The summed E-state index contributed by atoms with van der Waals surface area (Å²) in [6.45, 7) is 0. The molecule has 0 saturated heterocycles. The number of anilines is 1. The molecule has 1 amide bonds. The van der Waals surface area contributed by atoms with Gasteiger partial charge in [-0.3, -0.25) is 15.2 Å². The Balaban J connectivity index is 1.49. The van der Waals surface area contributed by atoms with Crippen LogP contribution in [0.15, 0.2) is 54.7 Å². The Morgan fingerprint density at radius 3 is 2.78 bits per heavy atom. The van der Waals surface area contributed by atoms with Gasteiger partial charge in [0.05, 0.1) is 7.11 Å². The Bertz CT molecular complexity index is 1100. The van der Waals surface area contributed by atoms with Crippen LogP contribution in [0.3, 0.4) is 0 Å². The number of ether oxygens (including phenoxy) is 1. The maximum Gasteiger partial charge on any atom is 0.258 e. The average Bonchev–Trinajstić information content (AvgIpc) is 3.29. The molecule has 136 valence electrons. The van der Waals surface area contributed by atoms with Gasteiger partial charge < -0.3 is 9.30 Å². The maximum atomic E-state index is 12.6. The molecule has 2 N–H and O–H groups in total. The quantitative estimate of drug-likeness (QED) is 0.572. The number of hydrogen-bond acceptors (Lipinski definition) is 4. The highest BCUT2D eigenvalue weighted by Gasteiger charge is 2.14. The molecule has 7 nitrogen and oxygen atoms in total. The Kier molecular flexibility index (Phi) is 4.33. The first kappa shape index (κ1) is 16.8. The number of hydrogen-bond donors (Lipinski definition) is 2. The molecule has 0 aliphatic heterocycles. The van der Waals surface area contributed by atoms with Crippen molar-refractivity contribution >= 4 is 22.8 Å². The first-order chi connectivity index (χ1) is 13.1. The number of aromatic amines is 1. The van der Waals surface area contributed by atoms with E-state index >= 15 is 0 Å². The second kappa shape index (κ2) is 6.95. The lowest BCUT2D eigenvalue weighted by molar-refractivity contribution is 0.102. The second-order valence-electron chi connectivity index (χ2n) is 6.25. The molecule has 0 spiro atoms. The smallest absolute Gasteiger partial charge is 0.258 e. The van der Waals surface area contributed by atoms with Crippen molar-refractivity contribution in [2.24, 2.45) is 7.05 Å². The highest BCUT2D eigenvalue weighted by atomic mass is 16.5. The molecule has 2 aromatic carbocycles. The first-order valence-electron chi connectivity index (χ1n) is 8.53. The summed E-state index contributed by atoms with van der Waals surface area (Å²) in [5.41, 5.74) is 2.66. The molecule has 0 aliphatic rings. The molecule has 0 radical (unpaired) electrons. The number of amides is 1. The maximum absolute atomic E-state index is 12.6. The zero-order valence-corrected chi connectivity index (χ0v) is 15.1. The van der Waals surface area contributed by atoms with Crippen LogP contribution < -0.4 is 10.1 Å². The van der Waals surface area contributed by atoms with Gasteiger partial charge >= 0.3 is 0 Å². The van der Waals surface area contributed by atoms with E-state index in [2.05, 4.69) is 20.5 Å². The van der Waals surface area contributed by atoms with Crippen molar-refractivity contribution in [2.45, 2.75) is 6.42 Å². The van der Waals surface area contributed by atoms with Gasteiger partial charge in [0.1, 0.15) is 11.6 Å². The fraction of sp³-hybridized carbons (Fsp3) is 0.150. The molecule has 0 atom stereocenters. The summed E-state index contributed by atoms with van der Waals surface area (Å²) >= 11 is 0. The van der Waals surface area contributed by atoms with E-state index in [1.807, 2.05) is 60.3 Å². The van der Waals surface area contributed by atoms with Crippen molar-refractivity contribution in [3.63, 3.8) is 0 Å². The number of nitrogens with one attached hydrogen (secondary N) is 2. The van der Waals surface area contributed by atoms with Crippen LogP contribution in [0.1, 0.15) is 21.7 Å². The van der Waals surface area contributed by atoms with Gasteiger partial charge in [-0.05, 0) is 35.9 Å². The molecule has 4 aromatic rings. The minimum Gasteiger partial charge on any atom is -0.497 e. The zero-order chi connectivity index (χ0) is 18.8. The molecule has 0 saturated carbocycles. The number of nitrogens with zero attached hydrogens (tertiary/aromatic N) is 3. The summed E-state index contributed by atoms with van der Waals surface area (Å²) < 4.78 is 7.13. The van der Waals surface area contributed by atoms with E-state index in [9.17, 15) is 4.79 Å². The topological polar surface area (TPSA) is 84.8 Å². The van der Waals surface area contributed by atoms with E-state index in [1.165, 1.54) is 0 Å². The van der Waals surface area contributed by atoms with Gasteiger partial charge in [0, 0.05) is 36.1 Å². The van der Waals surface area contributed by atoms with E-state index in [0.717, 1.165) is 22.2 Å². The SMILES string of the molecule is COc1ccc(Cc2nc(NC(=O)c3cccc4c3ccn4C)n[nH]2)cc1. The Labute approximate surface area is 156 Å². The fourth-order valence-electron chi connectivity index (χ4n) is 3.04. The third-order valence-corrected chi connectivity index (χ3v) is 4.46. The molecule has 0 bridgehead atoms. The van der Waals surface area contributed by atoms with E-state index in [-0.39, 0.29) is 11.9 Å². The average molecular weight is 361 g/mol. The number of aryl methyl sites for hydroxylation is 1. The van der Waals surface area contributed by atoms with Crippen molar-refractivity contribution in [2.75, 3.05) is 12.4 Å². The number of rotatable bonds is 5. The summed E-state index contributed by atoms with van der Waals surface area (Å²) in [4.78, 5) is 17.0. The summed E-state index contributed by atoms with van der Waals surface area (Å²) in [5, 5.41) is 10.6. The van der Waals surface area contributed by atoms with Crippen molar-refractivity contribution in [3.8, 4) is 5.75 Å². The Morgan fingerprint density at radius 2 is 2.00 bits per heavy atom. The van der Waals surface area contributed by atoms with E-state index in [1.54, 1.807) is 13.2 Å². The summed E-state index contributed by atoms with van der Waals surface area (Å²) in [7, 11) is 3.58. The number of H-pyrrole nitrogens is 1. The van der Waals surface area contributed by atoms with E-state index in [0.29, 0.717) is 17.8 Å². The summed E-state index contributed by atoms with van der Waals surface area (Å²) in [6, 6.07) is 15.3. The molecule has 0 aliphatic carbocycles. The molecule has 2 heterocycles. The lowest BCUT2D eigenvalue weighted by atomic mass is 10.1. The Morgan fingerprint density at radius 1 is 1.19 bits per heavy atom. The monoisotopic (exact) mass is 361 g/mol. The van der Waals surface area contributed by atoms with Gasteiger partial charge in [-0.2, -0.15) is 4.98 Å². The number of carbonyl (C=O) groups excluding carboxylic acids is 1. The van der Waals surface area contributed by atoms with Crippen molar-refractivity contribution < 1.29 is 9.53 Å². The molecule has 7 heteroatoms. The third kappa shape index (κ3) is 3.39. The van der Waals surface area contributed by atoms with Crippen LogP contribution in [0.25, 0.3) is 10.9 Å². The van der Waals surface area contributed by atoms with E-state index in [4.69, 9.17) is 4.74 Å². The number of methoxy groups -OCH3 is 1. The van der Waals surface area contributed by atoms with Crippen LogP contribution in [-0.4, -0.2) is 32.8 Å². The lowest BCUT2D eigenvalue weighted by Gasteiger charge is -2.04. The van der Waals surface area contributed by atoms with Crippen molar-refractivity contribution in [3.05, 3.63) is 71.7 Å². The normalized spacial score (nSPS) is 10.9. The van der Waals surface area contributed by atoms with Gasteiger partial charge in [0.2, 0.25) is 5.95 Å². The van der Waals surface area contributed by atoms with Crippen LogP contribution in [0.5, 0.6) is 5.75 Å². The predicted molar refractivity (Wildman–Crippen MR) is 103 cm³/mol. The van der Waals surface area contributed by atoms with Gasteiger partial charge in [-0.1, -0.05) is 18.2 Å². The summed E-state index contributed by atoms with van der Waals surface area (Å²) in [5.74, 6) is 1.51. The number of carbonyl (C=O) groups is 1. The Hall–Kier alpha value is -3.61. The number of benzene rings is 2. The fourth-order valence-corrected chi connectivity index (χ4v) is 3.04. The lowest BCUT2D eigenvalue weighted by Crippen LogP contribution is -2.13. The van der Waals surface area contributed by atoms with Crippen LogP contribution in [0.4, 0.5) is 5.95 Å².